The van der Waals surface area contributed by atoms with E-state index in [9.17, 15) is 4.79 Å². The largest absolute Gasteiger partial charge is 0.315 e. The van der Waals surface area contributed by atoms with E-state index in [1.165, 1.54) is 0 Å². The van der Waals surface area contributed by atoms with E-state index in [0.717, 1.165) is 23.1 Å². The molecule has 0 aliphatic rings. The average molecular weight is 347 g/mol. The Morgan fingerprint density at radius 3 is 2.77 bits per heavy atom. The molecule has 0 spiro atoms. The minimum absolute atomic E-state index is 0.139. The summed E-state index contributed by atoms with van der Waals surface area (Å²) in [6.07, 6.45) is 4.31. The number of rotatable bonds is 3. The van der Waals surface area contributed by atoms with Crippen LogP contribution in [0.2, 0.25) is 0 Å². The number of carbonyl (C=O) groups excluding carboxylic acids is 1. The van der Waals surface area contributed by atoms with Crippen molar-refractivity contribution in [1.29, 1.82) is 0 Å². The summed E-state index contributed by atoms with van der Waals surface area (Å²) < 4.78 is 1.82. The summed E-state index contributed by atoms with van der Waals surface area (Å²) in [7, 11) is 0. The number of anilines is 1. The third-order valence-electron chi connectivity index (χ3n) is 3.67. The lowest BCUT2D eigenvalue weighted by molar-refractivity contribution is -0.111. The first kappa shape index (κ1) is 17.6. The Morgan fingerprint density at radius 2 is 2.04 bits per heavy atom. The fourth-order valence-electron chi connectivity index (χ4n) is 2.66. The van der Waals surface area contributed by atoms with Gasteiger partial charge in [-0.2, -0.15) is 0 Å². The van der Waals surface area contributed by atoms with Gasteiger partial charge < -0.3 is 5.32 Å². The summed E-state index contributed by atoms with van der Waals surface area (Å²) in [6, 6.07) is 7.42. The molecule has 0 aliphatic heterocycles. The van der Waals surface area contributed by atoms with Crippen LogP contribution in [0.5, 0.6) is 0 Å². The van der Waals surface area contributed by atoms with Crippen LogP contribution in [0.25, 0.3) is 17.0 Å². The number of hydrogen-bond acceptors (Lipinski definition) is 4. The standard InChI is InChI=1S/C20H21N5O/c1-5-6-18(26)23-14-7-8-16-17(11-14)25(13-22-16)19-21-10-9-15(24-19)12-20(2,3)4/h7-11,13H,12H2,1-4H3,(H,23,26). The van der Waals surface area contributed by atoms with E-state index in [1.807, 2.05) is 22.8 Å². The monoisotopic (exact) mass is 347 g/mol. The molecular formula is C20H21N5O. The minimum atomic E-state index is -0.346. The van der Waals surface area contributed by atoms with Gasteiger partial charge >= 0.3 is 0 Å². The number of imidazole rings is 1. The van der Waals surface area contributed by atoms with Crippen molar-refractivity contribution in [3.8, 4) is 17.8 Å². The normalized spacial score (nSPS) is 11.1. The van der Waals surface area contributed by atoms with Crippen molar-refractivity contribution in [2.24, 2.45) is 5.41 Å². The van der Waals surface area contributed by atoms with Crippen LogP contribution in [0.15, 0.2) is 36.8 Å². The molecule has 0 radical (unpaired) electrons. The van der Waals surface area contributed by atoms with E-state index < -0.39 is 0 Å². The molecule has 0 aliphatic carbocycles. The lowest BCUT2D eigenvalue weighted by Gasteiger charge is -2.17. The van der Waals surface area contributed by atoms with Gasteiger partial charge in [-0.25, -0.2) is 15.0 Å². The van der Waals surface area contributed by atoms with Crippen molar-refractivity contribution in [2.45, 2.75) is 34.1 Å². The van der Waals surface area contributed by atoms with Crippen LogP contribution >= 0.6 is 0 Å². The van der Waals surface area contributed by atoms with Crippen LogP contribution < -0.4 is 5.32 Å². The first-order valence-electron chi connectivity index (χ1n) is 8.39. The zero-order valence-electron chi connectivity index (χ0n) is 15.4. The topological polar surface area (TPSA) is 72.7 Å². The molecule has 1 N–H and O–H groups in total. The summed E-state index contributed by atoms with van der Waals surface area (Å²) >= 11 is 0. The van der Waals surface area contributed by atoms with Crippen LogP contribution in [0.4, 0.5) is 5.69 Å². The number of benzene rings is 1. The number of carbonyl (C=O) groups is 1. The second-order valence-corrected chi connectivity index (χ2v) is 7.23. The first-order valence-corrected chi connectivity index (χ1v) is 8.39. The van der Waals surface area contributed by atoms with Crippen molar-refractivity contribution < 1.29 is 4.79 Å². The van der Waals surface area contributed by atoms with Crippen molar-refractivity contribution in [3.63, 3.8) is 0 Å². The number of hydrogen-bond donors (Lipinski definition) is 1. The molecule has 6 nitrogen and oxygen atoms in total. The molecule has 0 fully saturated rings. The Bertz CT molecular complexity index is 1020. The number of nitrogens with one attached hydrogen (secondary N) is 1. The van der Waals surface area contributed by atoms with Crippen molar-refractivity contribution in [3.05, 3.63) is 42.5 Å². The lowest BCUT2D eigenvalue weighted by atomic mass is 9.90. The maximum Gasteiger partial charge on any atom is 0.300 e. The fraction of sp³-hybridized carbons (Fsp3) is 0.300. The molecule has 132 valence electrons. The molecule has 0 saturated heterocycles. The Morgan fingerprint density at radius 1 is 1.23 bits per heavy atom. The molecule has 6 heteroatoms. The Hall–Kier alpha value is -3.20. The maximum absolute atomic E-state index is 11.7. The smallest absolute Gasteiger partial charge is 0.300 e. The van der Waals surface area contributed by atoms with E-state index in [0.29, 0.717) is 11.6 Å². The number of fused-ring (bicyclic) bond motifs is 1. The van der Waals surface area contributed by atoms with Crippen LogP contribution in [0.1, 0.15) is 33.4 Å². The molecular weight excluding hydrogens is 326 g/mol. The van der Waals surface area contributed by atoms with E-state index >= 15 is 0 Å². The SMILES string of the molecule is CC#CC(=O)Nc1ccc2ncn(-c3nccc(CC(C)(C)C)n3)c2c1. The van der Waals surface area contributed by atoms with Gasteiger partial charge in [0.15, 0.2) is 0 Å². The minimum Gasteiger partial charge on any atom is -0.315 e. The molecule has 2 heterocycles. The molecule has 2 aromatic heterocycles. The Balaban J connectivity index is 1.98. The summed E-state index contributed by atoms with van der Waals surface area (Å²) in [5.74, 6) is 5.26. The zero-order chi connectivity index (χ0) is 18.7. The van der Waals surface area contributed by atoms with Gasteiger partial charge in [-0.05, 0) is 48.9 Å². The molecule has 3 rings (SSSR count). The van der Waals surface area contributed by atoms with Crippen LogP contribution in [-0.2, 0) is 11.2 Å². The van der Waals surface area contributed by atoms with E-state index in [1.54, 1.807) is 25.5 Å². The molecule has 0 bridgehead atoms. The first-order chi connectivity index (χ1) is 12.4. The van der Waals surface area contributed by atoms with Gasteiger partial charge in [0.2, 0.25) is 5.95 Å². The van der Waals surface area contributed by atoms with Gasteiger partial charge in [0.25, 0.3) is 5.91 Å². The predicted molar refractivity (Wildman–Crippen MR) is 102 cm³/mol. The molecule has 1 aromatic carbocycles. The molecule has 0 saturated carbocycles. The second kappa shape index (κ2) is 6.96. The Kier molecular flexibility index (Phi) is 4.72. The van der Waals surface area contributed by atoms with Gasteiger partial charge in [0.1, 0.15) is 6.33 Å². The number of nitrogens with zero attached hydrogens (tertiary/aromatic N) is 4. The van der Waals surface area contributed by atoms with Gasteiger partial charge in [0.05, 0.1) is 11.0 Å². The molecule has 26 heavy (non-hydrogen) atoms. The summed E-state index contributed by atoms with van der Waals surface area (Å²) in [5, 5.41) is 2.75. The van der Waals surface area contributed by atoms with E-state index in [4.69, 9.17) is 0 Å². The summed E-state index contributed by atoms with van der Waals surface area (Å²) in [5.41, 5.74) is 3.39. The van der Waals surface area contributed by atoms with Crippen molar-refractivity contribution in [1.82, 2.24) is 19.5 Å². The highest BCUT2D eigenvalue weighted by Gasteiger charge is 2.14. The predicted octanol–water partition coefficient (Wildman–Crippen LogP) is 3.37. The fourth-order valence-corrected chi connectivity index (χ4v) is 2.66. The summed E-state index contributed by atoms with van der Waals surface area (Å²) in [6.45, 7) is 8.15. The van der Waals surface area contributed by atoms with Gasteiger partial charge in [-0.1, -0.05) is 26.7 Å². The average Bonchev–Trinajstić information content (AvgIpc) is 2.97. The van der Waals surface area contributed by atoms with Crippen molar-refractivity contribution in [2.75, 3.05) is 5.32 Å². The highest BCUT2D eigenvalue weighted by atomic mass is 16.1. The second-order valence-electron chi connectivity index (χ2n) is 7.23. The van der Waals surface area contributed by atoms with Crippen LogP contribution in [0.3, 0.4) is 0 Å². The van der Waals surface area contributed by atoms with Gasteiger partial charge in [-0.3, -0.25) is 9.36 Å². The number of amides is 1. The highest BCUT2D eigenvalue weighted by Crippen LogP contribution is 2.22. The third-order valence-corrected chi connectivity index (χ3v) is 3.67. The molecule has 0 unspecified atom stereocenters. The summed E-state index contributed by atoms with van der Waals surface area (Å²) in [4.78, 5) is 25.1. The van der Waals surface area contributed by atoms with E-state index in [2.05, 4.69) is 52.9 Å². The lowest BCUT2D eigenvalue weighted by Crippen LogP contribution is -2.12. The van der Waals surface area contributed by atoms with Gasteiger partial charge in [0, 0.05) is 17.6 Å². The third kappa shape index (κ3) is 4.06. The molecule has 0 atom stereocenters. The Labute approximate surface area is 152 Å². The maximum atomic E-state index is 11.7. The quantitative estimate of drug-likeness (QED) is 0.737. The van der Waals surface area contributed by atoms with Crippen LogP contribution in [0, 0.1) is 17.3 Å². The number of aromatic nitrogens is 4. The molecule has 1 amide bonds. The molecule has 3 aromatic rings. The van der Waals surface area contributed by atoms with Crippen molar-refractivity contribution >= 4 is 22.6 Å². The van der Waals surface area contributed by atoms with E-state index in [-0.39, 0.29) is 11.3 Å². The highest BCUT2D eigenvalue weighted by molar-refractivity contribution is 6.04. The van der Waals surface area contributed by atoms with Gasteiger partial charge in [-0.15, -0.1) is 0 Å². The zero-order valence-corrected chi connectivity index (χ0v) is 15.4. The van der Waals surface area contributed by atoms with Crippen LogP contribution in [-0.4, -0.2) is 25.4 Å².